The molecule has 0 spiro atoms. The number of nitrogens with zero attached hydrogens (tertiary/aromatic N) is 2. The van der Waals surface area contributed by atoms with E-state index in [1.807, 2.05) is 6.92 Å². The smallest absolute Gasteiger partial charge is 0.490 e. The van der Waals surface area contributed by atoms with Crippen molar-refractivity contribution in [1.82, 2.24) is 20.0 Å². The van der Waals surface area contributed by atoms with Gasteiger partial charge in [-0.05, 0) is 51.0 Å². The predicted molar refractivity (Wildman–Crippen MR) is 138 cm³/mol. The van der Waals surface area contributed by atoms with Gasteiger partial charge in [-0.15, -0.1) is 0 Å². The maximum Gasteiger partial charge on any atom is 0.490 e. The van der Waals surface area contributed by atoms with Crippen molar-refractivity contribution in [2.45, 2.75) is 52.4 Å². The number of carboxylic acid groups (broad SMARTS) is 2. The molecule has 3 aromatic rings. The molecule has 2 heterocycles. The highest BCUT2D eigenvalue weighted by Gasteiger charge is 2.38. The second-order valence-corrected chi connectivity index (χ2v) is 9.28. The summed E-state index contributed by atoms with van der Waals surface area (Å²) in [6, 6.07) is 3.94. The summed E-state index contributed by atoms with van der Waals surface area (Å²) in [6.07, 6.45) is -4.12. The van der Waals surface area contributed by atoms with E-state index in [-0.39, 0.29) is 29.3 Å². The quantitative estimate of drug-likeness (QED) is 0.259. The Labute approximate surface area is 236 Å². The van der Waals surface area contributed by atoms with E-state index in [1.165, 1.54) is 13.2 Å². The Balaban J connectivity index is 0.000000782. The topological polar surface area (TPSA) is 151 Å². The van der Waals surface area contributed by atoms with Gasteiger partial charge in [0.1, 0.15) is 18.1 Å². The van der Waals surface area contributed by atoms with E-state index in [2.05, 4.69) is 15.6 Å². The number of amides is 2. The molecule has 4 N–H and O–H groups in total. The average molecular weight is 605 g/mol. The van der Waals surface area contributed by atoms with Crippen LogP contribution in [0.3, 0.4) is 0 Å². The van der Waals surface area contributed by atoms with Crippen LogP contribution in [0.15, 0.2) is 24.4 Å². The highest BCUT2D eigenvalue weighted by Crippen LogP contribution is 2.28. The van der Waals surface area contributed by atoms with Gasteiger partial charge >= 0.3 is 18.2 Å². The molecule has 3 rings (SSSR count). The summed E-state index contributed by atoms with van der Waals surface area (Å²) in [7, 11) is 1.28. The second kappa shape index (κ2) is 13.4. The molecule has 0 bridgehead atoms. The number of fused-ring (bicyclic) bond motifs is 1. The first-order chi connectivity index (χ1) is 19.4. The maximum atomic E-state index is 14.5. The van der Waals surface area contributed by atoms with Crippen LogP contribution < -0.4 is 20.1 Å². The summed E-state index contributed by atoms with van der Waals surface area (Å²) in [4.78, 5) is 37.5. The molecule has 2 aromatic heterocycles. The average Bonchev–Trinajstić information content (AvgIpc) is 3.22. The molecule has 11 nitrogen and oxygen atoms in total. The number of imidazole rings is 1. The number of benzene rings is 1. The number of rotatable bonds is 9. The highest BCUT2D eigenvalue weighted by molar-refractivity contribution is 5.95. The van der Waals surface area contributed by atoms with E-state index in [0.717, 1.165) is 11.6 Å². The number of aryl methyl sites for hydroxylation is 2. The number of hydrogen-bond acceptors (Lipinski definition) is 6. The fraction of sp³-hybridized carbons (Fsp3) is 0.385. The van der Waals surface area contributed by atoms with Gasteiger partial charge in [0.05, 0.1) is 23.9 Å². The Morgan fingerprint density at radius 1 is 1.10 bits per heavy atom. The number of ether oxygens (including phenoxy) is 2. The Bertz CT molecular complexity index is 1480. The van der Waals surface area contributed by atoms with Gasteiger partial charge in [0.15, 0.2) is 23.0 Å². The van der Waals surface area contributed by atoms with Crippen molar-refractivity contribution in [2.75, 3.05) is 13.7 Å². The first kappa shape index (κ1) is 33.6. The third-order valence-electron chi connectivity index (χ3n) is 6.03. The lowest BCUT2D eigenvalue weighted by Crippen LogP contribution is -2.52. The van der Waals surface area contributed by atoms with Crippen molar-refractivity contribution < 1.29 is 56.0 Å². The number of halogens is 5. The lowest BCUT2D eigenvalue weighted by atomic mass is 9.99. The van der Waals surface area contributed by atoms with Crippen LogP contribution >= 0.6 is 0 Å². The fourth-order valence-corrected chi connectivity index (χ4v) is 3.63. The normalized spacial score (nSPS) is 12.5. The van der Waals surface area contributed by atoms with Gasteiger partial charge < -0.3 is 30.3 Å². The third-order valence-corrected chi connectivity index (χ3v) is 6.03. The molecule has 0 aliphatic heterocycles. The molecule has 1 aromatic carbocycles. The Morgan fingerprint density at radius 2 is 1.71 bits per heavy atom. The van der Waals surface area contributed by atoms with Crippen LogP contribution in [0.4, 0.5) is 26.7 Å². The molecule has 0 saturated heterocycles. The van der Waals surface area contributed by atoms with Gasteiger partial charge in [-0.25, -0.2) is 23.4 Å². The summed E-state index contributed by atoms with van der Waals surface area (Å²) in [5.74, 6) is -4.72. The third kappa shape index (κ3) is 8.20. The van der Waals surface area contributed by atoms with Crippen LogP contribution in [-0.2, 0) is 11.4 Å². The van der Waals surface area contributed by atoms with Crippen molar-refractivity contribution in [3.8, 4) is 11.5 Å². The summed E-state index contributed by atoms with van der Waals surface area (Å²) in [6.45, 7) is 6.57. The van der Waals surface area contributed by atoms with E-state index in [9.17, 15) is 31.5 Å². The number of aliphatic carboxylic acids is 1. The number of carbonyl (C=O) groups is 3. The lowest BCUT2D eigenvalue weighted by Gasteiger charge is -2.28. The van der Waals surface area contributed by atoms with E-state index >= 15 is 0 Å². The fourth-order valence-electron chi connectivity index (χ4n) is 3.63. The largest absolute Gasteiger partial charge is 0.494 e. The van der Waals surface area contributed by atoms with Gasteiger partial charge in [0.2, 0.25) is 0 Å². The molecule has 2 amide bonds. The lowest BCUT2D eigenvalue weighted by molar-refractivity contribution is -0.192. The number of carboxylic acids is 1. The van der Waals surface area contributed by atoms with Crippen LogP contribution in [0.2, 0.25) is 0 Å². The van der Waals surface area contributed by atoms with Crippen LogP contribution in [-0.4, -0.2) is 62.9 Å². The zero-order valence-electron chi connectivity index (χ0n) is 23.2. The minimum atomic E-state index is -5.08. The summed E-state index contributed by atoms with van der Waals surface area (Å²) in [5, 5.41) is 21.4. The maximum absolute atomic E-state index is 14.5. The molecule has 0 radical (unpaired) electrons. The minimum absolute atomic E-state index is 0.0604. The zero-order chi connectivity index (χ0) is 32.0. The minimum Gasteiger partial charge on any atom is -0.494 e. The predicted octanol–water partition coefficient (Wildman–Crippen LogP) is 4.62. The Hall–Kier alpha value is -4.63. The van der Waals surface area contributed by atoms with Gasteiger partial charge in [-0.3, -0.25) is 9.20 Å². The van der Waals surface area contributed by atoms with Crippen LogP contribution in [0.25, 0.3) is 5.65 Å². The van der Waals surface area contributed by atoms with Gasteiger partial charge in [0.25, 0.3) is 5.91 Å². The zero-order valence-corrected chi connectivity index (χ0v) is 23.2. The Kier molecular flexibility index (Phi) is 10.7. The molecule has 0 fully saturated rings. The van der Waals surface area contributed by atoms with Crippen molar-refractivity contribution in [3.05, 3.63) is 58.5 Å². The van der Waals surface area contributed by atoms with E-state index < -0.39 is 47.9 Å². The molecular formula is C26H29F5N4O7. The Morgan fingerprint density at radius 3 is 2.24 bits per heavy atom. The van der Waals surface area contributed by atoms with E-state index in [4.69, 9.17) is 24.5 Å². The summed E-state index contributed by atoms with van der Waals surface area (Å²) < 4.78 is 72.7. The molecule has 0 saturated carbocycles. The SMILES string of the molecule is CCC(C)(CNC(=O)c1c(C)nc2c(OCc3c(F)ccc(OC)c3F)cc(C)cn12)NC(=O)O.O=C(O)C(F)(F)F. The molecular weight excluding hydrogens is 575 g/mol. The molecule has 1 atom stereocenters. The number of pyridine rings is 1. The molecule has 1 unspecified atom stereocenters. The first-order valence-electron chi connectivity index (χ1n) is 12.2. The number of alkyl halides is 3. The van der Waals surface area contributed by atoms with Crippen molar-refractivity contribution in [3.63, 3.8) is 0 Å². The van der Waals surface area contributed by atoms with E-state index in [0.29, 0.717) is 17.8 Å². The van der Waals surface area contributed by atoms with E-state index in [1.54, 1.807) is 37.4 Å². The number of carbonyl (C=O) groups excluding carboxylic acids is 1. The van der Waals surface area contributed by atoms with Gasteiger partial charge in [-0.1, -0.05) is 6.92 Å². The van der Waals surface area contributed by atoms with Crippen LogP contribution in [0, 0.1) is 25.5 Å². The molecule has 230 valence electrons. The van der Waals surface area contributed by atoms with Crippen LogP contribution in [0.5, 0.6) is 11.5 Å². The number of nitrogens with one attached hydrogen (secondary N) is 2. The standard InChI is InChI=1S/C24H28F2N4O5.C2HF3O2/c1-6-24(4,29-23(32)33)12-27-22(31)20-14(3)28-21-18(9-13(2)10-30(20)21)35-11-15-16(25)7-8-17(34-5)19(15)26;3-2(4,5)1(6)7/h7-10,29H,6,11-12H2,1-5H3,(H,27,31)(H,32,33);(H,6,7). The number of aromatic nitrogens is 2. The molecule has 16 heteroatoms. The van der Waals surface area contributed by atoms with Crippen molar-refractivity contribution in [1.29, 1.82) is 0 Å². The van der Waals surface area contributed by atoms with Crippen molar-refractivity contribution in [2.24, 2.45) is 0 Å². The first-order valence-corrected chi connectivity index (χ1v) is 12.2. The van der Waals surface area contributed by atoms with Gasteiger partial charge in [-0.2, -0.15) is 13.2 Å². The summed E-state index contributed by atoms with van der Waals surface area (Å²) in [5.41, 5.74) is 0.503. The summed E-state index contributed by atoms with van der Waals surface area (Å²) >= 11 is 0. The monoisotopic (exact) mass is 604 g/mol. The number of methoxy groups -OCH3 is 1. The molecule has 0 aliphatic rings. The highest BCUT2D eigenvalue weighted by atomic mass is 19.4. The van der Waals surface area contributed by atoms with Crippen LogP contribution in [0.1, 0.15) is 47.6 Å². The molecule has 0 aliphatic carbocycles. The van der Waals surface area contributed by atoms with Gasteiger partial charge in [0, 0.05) is 12.7 Å². The number of hydrogen-bond donors (Lipinski definition) is 4. The van der Waals surface area contributed by atoms with Crippen molar-refractivity contribution >= 4 is 23.6 Å². The second-order valence-electron chi connectivity index (χ2n) is 9.28. The molecule has 42 heavy (non-hydrogen) atoms.